The zero-order valence-corrected chi connectivity index (χ0v) is 18.8. The maximum atomic E-state index is 12.2. The molecule has 1 aromatic carbocycles. The third-order valence-electron chi connectivity index (χ3n) is 5.85. The second kappa shape index (κ2) is 7.85. The molecule has 1 aliphatic rings. The predicted molar refractivity (Wildman–Crippen MR) is 126 cm³/mol. The molecule has 170 valence electrons. The van der Waals surface area contributed by atoms with Crippen molar-refractivity contribution in [1.29, 1.82) is 0 Å². The molecule has 1 fully saturated rings. The highest BCUT2D eigenvalue weighted by Crippen LogP contribution is 2.32. The van der Waals surface area contributed by atoms with E-state index in [1.165, 1.54) is 0 Å². The number of nitrogens with two attached hydrogens (primary N) is 1. The number of carbonyl (C=O) groups excluding carboxylic acids is 1. The van der Waals surface area contributed by atoms with Crippen molar-refractivity contribution in [2.75, 3.05) is 24.2 Å². The van der Waals surface area contributed by atoms with Gasteiger partial charge in [-0.05, 0) is 38.0 Å². The molecule has 33 heavy (non-hydrogen) atoms. The van der Waals surface area contributed by atoms with Gasteiger partial charge in [-0.2, -0.15) is 15.2 Å². The van der Waals surface area contributed by atoms with E-state index in [9.17, 15) is 4.79 Å². The van der Waals surface area contributed by atoms with Gasteiger partial charge < -0.3 is 21.7 Å². The summed E-state index contributed by atoms with van der Waals surface area (Å²) >= 11 is 0. The average molecular weight is 447 g/mol. The molecular formula is C22H26N10O. The van der Waals surface area contributed by atoms with Crippen LogP contribution in [0.3, 0.4) is 0 Å². The number of hydrogen-bond donors (Lipinski definition) is 4. The van der Waals surface area contributed by atoms with Crippen LogP contribution in [0.4, 0.5) is 17.3 Å². The van der Waals surface area contributed by atoms with E-state index in [0.29, 0.717) is 17.5 Å². The molecule has 3 aromatic heterocycles. The number of aryl methyl sites for hydroxylation is 2. The molecule has 11 heteroatoms. The van der Waals surface area contributed by atoms with Gasteiger partial charge in [0.15, 0.2) is 11.5 Å². The van der Waals surface area contributed by atoms with Crippen molar-refractivity contribution in [2.45, 2.75) is 25.3 Å². The summed E-state index contributed by atoms with van der Waals surface area (Å²) in [6.45, 7) is 2.67. The van der Waals surface area contributed by atoms with E-state index in [-0.39, 0.29) is 11.4 Å². The Kier molecular flexibility index (Phi) is 4.97. The average Bonchev–Trinajstić information content (AvgIpc) is 3.29. The maximum absolute atomic E-state index is 12.2. The molecule has 3 heterocycles. The van der Waals surface area contributed by atoms with Crippen molar-refractivity contribution in [3.05, 3.63) is 48.0 Å². The van der Waals surface area contributed by atoms with Crippen molar-refractivity contribution in [1.82, 2.24) is 34.8 Å². The summed E-state index contributed by atoms with van der Waals surface area (Å²) in [5, 5.41) is 18.9. The number of amides is 1. The Bertz CT molecular complexity index is 1350. The van der Waals surface area contributed by atoms with Crippen LogP contribution in [-0.2, 0) is 7.05 Å². The molecule has 0 atom stereocenters. The summed E-state index contributed by atoms with van der Waals surface area (Å²) in [5.41, 5.74) is 9.86. The first-order valence-corrected chi connectivity index (χ1v) is 10.7. The van der Waals surface area contributed by atoms with Crippen LogP contribution in [0.2, 0.25) is 0 Å². The number of nitrogens with one attached hydrogen (secondary N) is 3. The van der Waals surface area contributed by atoms with E-state index in [0.717, 1.165) is 47.4 Å². The Morgan fingerprint density at radius 3 is 2.82 bits per heavy atom. The molecule has 0 unspecified atom stereocenters. The highest BCUT2D eigenvalue weighted by atomic mass is 16.1. The Morgan fingerprint density at radius 2 is 2.06 bits per heavy atom. The lowest BCUT2D eigenvalue weighted by Gasteiger charge is -2.10. The van der Waals surface area contributed by atoms with Crippen LogP contribution in [0.1, 0.15) is 29.0 Å². The van der Waals surface area contributed by atoms with Crippen molar-refractivity contribution >= 4 is 34.1 Å². The maximum Gasteiger partial charge on any atom is 0.272 e. The van der Waals surface area contributed by atoms with Crippen molar-refractivity contribution in [3.8, 4) is 5.82 Å². The van der Waals surface area contributed by atoms with E-state index >= 15 is 0 Å². The fourth-order valence-electron chi connectivity index (χ4n) is 3.66. The Morgan fingerprint density at radius 1 is 1.24 bits per heavy atom. The first-order chi connectivity index (χ1) is 15.8. The van der Waals surface area contributed by atoms with Gasteiger partial charge >= 0.3 is 0 Å². The van der Waals surface area contributed by atoms with Crippen molar-refractivity contribution in [2.24, 2.45) is 12.8 Å². The predicted octanol–water partition coefficient (Wildman–Crippen LogP) is 1.86. The SMILES string of the molecule is CNC(=O)c1nn(C)c2ccc(Nc3nccc(-n4cc(NCC5(N)CC5)c(C)n4)n3)cc12. The second-order valence-corrected chi connectivity index (χ2v) is 8.44. The third-order valence-corrected chi connectivity index (χ3v) is 5.85. The van der Waals surface area contributed by atoms with Crippen LogP contribution in [0, 0.1) is 6.92 Å². The lowest BCUT2D eigenvalue weighted by Crippen LogP contribution is -2.31. The summed E-state index contributed by atoms with van der Waals surface area (Å²) in [5.74, 6) is 0.807. The molecule has 0 bridgehead atoms. The van der Waals surface area contributed by atoms with Gasteiger partial charge in [-0.3, -0.25) is 9.48 Å². The molecule has 1 amide bonds. The monoisotopic (exact) mass is 446 g/mol. The first kappa shape index (κ1) is 20.9. The Hall–Kier alpha value is -3.99. The number of carbonyl (C=O) groups is 1. The zero-order chi connectivity index (χ0) is 23.2. The van der Waals surface area contributed by atoms with E-state index in [1.807, 2.05) is 38.4 Å². The quantitative estimate of drug-likeness (QED) is 0.337. The number of aromatic nitrogens is 6. The van der Waals surface area contributed by atoms with Crippen LogP contribution in [0.5, 0.6) is 0 Å². The first-order valence-electron chi connectivity index (χ1n) is 10.7. The molecule has 0 spiro atoms. The minimum Gasteiger partial charge on any atom is -0.380 e. The van der Waals surface area contributed by atoms with E-state index < -0.39 is 0 Å². The molecular weight excluding hydrogens is 420 g/mol. The van der Waals surface area contributed by atoms with E-state index in [1.54, 1.807) is 28.7 Å². The van der Waals surface area contributed by atoms with Gasteiger partial charge in [0, 0.05) is 49.5 Å². The summed E-state index contributed by atoms with van der Waals surface area (Å²) in [7, 11) is 3.39. The fraction of sp³-hybridized carbons (Fsp3) is 0.318. The van der Waals surface area contributed by atoms with E-state index in [4.69, 9.17) is 5.73 Å². The zero-order valence-electron chi connectivity index (χ0n) is 18.8. The number of benzene rings is 1. The van der Waals surface area contributed by atoms with Crippen LogP contribution in [0.15, 0.2) is 36.7 Å². The molecule has 0 aliphatic heterocycles. The van der Waals surface area contributed by atoms with Gasteiger partial charge in [0.2, 0.25) is 5.95 Å². The van der Waals surface area contributed by atoms with Gasteiger partial charge in [-0.1, -0.05) is 0 Å². The van der Waals surface area contributed by atoms with Crippen molar-refractivity contribution in [3.63, 3.8) is 0 Å². The minimum atomic E-state index is -0.239. The molecule has 0 radical (unpaired) electrons. The number of anilines is 3. The van der Waals surface area contributed by atoms with Crippen molar-refractivity contribution < 1.29 is 4.79 Å². The number of fused-ring (bicyclic) bond motifs is 1. The summed E-state index contributed by atoms with van der Waals surface area (Å²) in [6.07, 6.45) is 5.67. The summed E-state index contributed by atoms with van der Waals surface area (Å²) in [6, 6.07) is 7.46. The van der Waals surface area contributed by atoms with Crippen LogP contribution >= 0.6 is 0 Å². The molecule has 1 aliphatic carbocycles. The minimum absolute atomic E-state index is 0.0897. The van der Waals surface area contributed by atoms with Gasteiger partial charge in [-0.15, -0.1) is 0 Å². The molecule has 4 aromatic rings. The topological polar surface area (TPSA) is 141 Å². The lowest BCUT2D eigenvalue weighted by molar-refractivity contribution is 0.0959. The number of rotatable bonds is 7. The van der Waals surface area contributed by atoms with E-state index in [2.05, 4.69) is 36.1 Å². The van der Waals surface area contributed by atoms with Gasteiger partial charge in [0.05, 0.1) is 23.1 Å². The van der Waals surface area contributed by atoms with Gasteiger partial charge in [-0.25, -0.2) is 9.67 Å². The third kappa shape index (κ3) is 4.10. The van der Waals surface area contributed by atoms with Crippen LogP contribution in [-0.4, -0.2) is 54.6 Å². The van der Waals surface area contributed by atoms with Crippen LogP contribution < -0.4 is 21.7 Å². The largest absolute Gasteiger partial charge is 0.380 e. The van der Waals surface area contributed by atoms with Gasteiger partial charge in [0.25, 0.3) is 5.91 Å². The molecule has 11 nitrogen and oxygen atoms in total. The fourth-order valence-corrected chi connectivity index (χ4v) is 3.66. The molecule has 0 saturated heterocycles. The molecule has 5 rings (SSSR count). The standard InChI is InChI=1S/C22H26N10O/c1-13-16(26-12-22(23)7-8-22)11-32(29-13)18-6-9-25-21(28-18)27-14-4-5-17-15(10-14)19(20(33)24-2)30-31(17)3/h4-6,9-11,26H,7-8,12,23H2,1-3H3,(H,24,33)(H,25,27,28). The normalized spacial score (nSPS) is 14.3. The number of nitrogens with zero attached hydrogens (tertiary/aromatic N) is 6. The highest BCUT2D eigenvalue weighted by Gasteiger charge is 2.37. The Labute approximate surface area is 190 Å². The lowest BCUT2D eigenvalue weighted by atomic mass is 10.2. The molecule has 1 saturated carbocycles. The highest BCUT2D eigenvalue weighted by molar-refractivity contribution is 6.05. The van der Waals surface area contributed by atoms with Gasteiger partial charge in [0.1, 0.15) is 0 Å². The summed E-state index contributed by atoms with van der Waals surface area (Å²) < 4.78 is 3.40. The summed E-state index contributed by atoms with van der Waals surface area (Å²) in [4.78, 5) is 21.1. The second-order valence-electron chi connectivity index (χ2n) is 8.44. The number of hydrogen-bond acceptors (Lipinski definition) is 8. The smallest absolute Gasteiger partial charge is 0.272 e. The van der Waals surface area contributed by atoms with Crippen LogP contribution in [0.25, 0.3) is 16.7 Å². The molecule has 5 N–H and O–H groups in total. The Balaban J connectivity index is 1.39.